The number of unbranched alkanes of at least 4 members (excludes halogenated alkanes) is 7. The monoisotopic (exact) mass is 293 g/mol. The first-order valence-electron chi connectivity index (χ1n) is 9.40. The van der Waals surface area contributed by atoms with Crippen molar-refractivity contribution in [1.82, 2.24) is 4.57 Å². The van der Waals surface area contributed by atoms with E-state index in [0.717, 1.165) is 0 Å². The first-order valence-corrected chi connectivity index (χ1v) is 9.40. The standard InChI is InChI=1S/C19H37N2/c1-4-7-10-12-15-20-17-18-21(16-13-11-8-5-2)19(20)14-9-6-3/h17-18H,4-16H2,1-3H3/q+1. The second kappa shape index (κ2) is 11.8. The Bertz CT molecular complexity index is 325. The Hall–Kier alpha value is -0.790. The number of aromatic nitrogens is 2. The van der Waals surface area contributed by atoms with Gasteiger partial charge in [0.05, 0.1) is 13.1 Å². The van der Waals surface area contributed by atoms with Crippen LogP contribution in [0.2, 0.25) is 0 Å². The van der Waals surface area contributed by atoms with Gasteiger partial charge in [-0.15, -0.1) is 0 Å². The van der Waals surface area contributed by atoms with E-state index in [4.69, 9.17) is 0 Å². The van der Waals surface area contributed by atoms with Gasteiger partial charge < -0.3 is 0 Å². The normalized spacial score (nSPS) is 11.2. The summed E-state index contributed by atoms with van der Waals surface area (Å²) in [4.78, 5) is 0. The van der Waals surface area contributed by atoms with Crippen LogP contribution in [-0.2, 0) is 19.5 Å². The molecule has 1 heterocycles. The number of rotatable bonds is 13. The van der Waals surface area contributed by atoms with Gasteiger partial charge in [0.1, 0.15) is 12.4 Å². The Kier molecular flexibility index (Phi) is 10.3. The summed E-state index contributed by atoms with van der Waals surface area (Å²) in [5.41, 5.74) is 0. The molecule has 0 atom stereocenters. The van der Waals surface area contributed by atoms with Gasteiger partial charge in [0, 0.05) is 6.42 Å². The van der Waals surface area contributed by atoms with E-state index in [0.29, 0.717) is 0 Å². The molecule has 0 saturated heterocycles. The quantitative estimate of drug-likeness (QED) is 0.346. The van der Waals surface area contributed by atoms with Crippen LogP contribution in [0.15, 0.2) is 12.4 Å². The zero-order valence-electron chi connectivity index (χ0n) is 14.7. The van der Waals surface area contributed by atoms with E-state index < -0.39 is 0 Å². The van der Waals surface area contributed by atoms with Crippen molar-refractivity contribution in [2.24, 2.45) is 0 Å². The maximum atomic E-state index is 2.52. The minimum Gasteiger partial charge on any atom is -0.234 e. The smallest absolute Gasteiger partial charge is 0.234 e. The van der Waals surface area contributed by atoms with Crippen molar-refractivity contribution in [3.63, 3.8) is 0 Å². The van der Waals surface area contributed by atoms with Gasteiger partial charge in [-0.2, -0.15) is 0 Å². The van der Waals surface area contributed by atoms with Crippen LogP contribution in [0, 0.1) is 0 Å². The molecule has 1 aromatic heterocycles. The topological polar surface area (TPSA) is 8.81 Å². The van der Waals surface area contributed by atoms with Crippen LogP contribution in [0.25, 0.3) is 0 Å². The summed E-state index contributed by atoms with van der Waals surface area (Å²) in [6.45, 7) is 9.28. The molecule has 122 valence electrons. The predicted molar refractivity (Wildman–Crippen MR) is 91.5 cm³/mol. The lowest BCUT2D eigenvalue weighted by atomic mass is 10.2. The van der Waals surface area contributed by atoms with E-state index >= 15 is 0 Å². The maximum absolute atomic E-state index is 2.52. The largest absolute Gasteiger partial charge is 0.256 e. The molecule has 0 spiro atoms. The van der Waals surface area contributed by atoms with Crippen molar-refractivity contribution >= 4 is 0 Å². The Morgan fingerprint density at radius 3 is 2.14 bits per heavy atom. The van der Waals surface area contributed by atoms with Crippen LogP contribution < -0.4 is 4.57 Å². The molecule has 0 aliphatic carbocycles. The number of aryl methyl sites for hydroxylation is 2. The van der Waals surface area contributed by atoms with Crippen LogP contribution in [0.4, 0.5) is 0 Å². The molecule has 0 aliphatic heterocycles. The average molecular weight is 294 g/mol. The van der Waals surface area contributed by atoms with Crippen molar-refractivity contribution in [2.75, 3.05) is 0 Å². The number of hydrogen-bond donors (Lipinski definition) is 0. The maximum Gasteiger partial charge on any atom is 0.256 e. The van der Waals surface area contributed by atoms with Crippen LogP contribution in [-0.4, -0.2) is 4.57 Å². The fourth-order valence-corrected chi connectivity index (χ4v) is 2.95. The SMILES string of the molecule is CCCCCCn1cc[n+](CCCCCC)c1CCCC. The Balaban J connectivity index is 2.53. The van der Waals surface area contributed by atoms with Gasteiger partial charge in [-0.3, -0.25) is 0 Å². The minimum absolute atomic E-state index is 1.21. The molecule has 21 heavy (non-hydrogen) atoms. The van der Waals surface area contributed by atoms with E-state index in [1.54, 1.807) is 5.82 Å². The lowest BCUT2D eigenvalue weighted by molar-refractivity contribution is -0.704. The molecule has 0 bridgehead atoms. The fraction of sp³-hybridized carbons (Fsp3) is 0.842. The van der Waals surface area contributed by atoms with Crippen molar-refractivity contribution in [1.29, 1.82) is 0 Å². The highest BCUT2D eigenvalue weighted by Gasteiger charge is 2.15. The van der Waals surface area contributed by atoms with Gasteiger partial charge in [0.25, 0.3) is 5.82 Å². The third-order valence-electron chi connectivity index (χ3n) is 4.35. The molecule has 0 unspecified atom stereocenters. The van der Waals surface area contributed by atoms with Crippen LogP contribution in [0.5, 0.6) is 0 Å². The Labute approximate surface area is 132 Å². The Morgan fingerprint density at radius 2 is 1.48 bits per heavy atom. The highest BCUT2D eigenvalue weighted by atomic mass is 15.1. The summed E-state index contributed by atoms with van der Waals surface area (Å²) in [5.74, 6) is 1.56. The van der Waals surface area contributed by atoms with Crippen LogP contribution in [0.1, 0.15) is 90.8 Å². The van der Waals surface area contributed by atoms with Crippen LogP contribution >= 0.6 is 0 Å². The van der Waals surface area contributed by atoms with E-state index in [2.05, 4.69) is 42.3 Å². The lowest BCUT2D eigenvalue weighted by Crippen LogP contribution is -2.37. The third kappa shape index (κ3) is 7.15. The van der Waals surface area contributed by atoms with Crippen molar-refractivity contribution in [3.05, 3.63) is 18.2 Å². The molecule has 0 saturated carbocycles. The lowest BCUT2D eigenvalue weighted by Gasteiger charge is -2.05. The molecule has 0 N–H and O–H groups in total. The van der Waals surface area contributed by atoms with Gasteiger partial charge in [0.2, 0.25) is 0 Å². The first kappa shape index (κ1) is 18.3. The molecule has 0 fully saturated rings. The average Bonchev–Trinajstić information content (AvgIpc) is 2.88. The highest BCUT2D eigenvalue weighted by molar-refractivity contribution is 4.84. The zero-order chi connectivity index (χ0) is 15.3. The molecule has 0 amide bonds. The molecule has 1 rings (SSSR count). The Morgan fingerprint density at radius 1 is 0.810 bits per heavy atom. The summed E-state index contributed by atoms with van der Waals surface area (Å²) in [6, 6.07) is 0. The summed E-state index contributed by atoms with van der Waals surface area (Å²) < 4.78 is 5.04. The van der Waals surface area contributed by atoms with Gasteiger partial charge in [0.15, 0.2) is 0 Å². The third-order valence-corrected chi connectivity index (χ3v) is 4.35. The van der Waals surface area contributed by atoms with Crippen molar-refractivity contribution in [2.45, 2.75) is 104 Å². The highest BCUT2D eigenvalue weighted by Crippen LogP contribution is 2.08. The summed E-state index contributed by atoms with van der Waals surface area (Å²) >= 11 is 0. The summed E-state index contributed by atoms with van der Waals surface area (Å²) in [5, 5.41) is 0. The molecule has 2 nitrogen and oxygen atoms in total. The summed E-state index contributed by atoms with van der Waals surface area (Å²) in [6.07, 6.45) is 19.3. The van der Waals surface area contributed by atoms with Crippen molar-refractivity contribution < 1.29 is 4.57 Å². The van der Waals surface area contributed by atoms with E-state index in [1.807, 2.05) is 0 Å². The molecule has 0 radical (unpaired) electrons. The molecular weight excluding hydrogens is 256 g/mol. The van der Waals surface area contributed by atoms with Crippen LogP contribution in [0.3, 0.4) is 0 Å². The second-order valence-electron chi connectivity index (χ2n) is 6.33. The van der Waals surface area contributed by atoms with Gasteiger partial charge in [-0.25, -0.2) is 9.13 Å². The predicted octanol–water partition coefficient (Wildman–Crippen LogP) is 5.28. The van der Waals surface area contributed by atoms with E-state index in [1.165, 1.54) is 83.7 Å². The van der Waals surface area contributed by atoms with Gasteiger partial charge >= 0.3 is 0 Å². The molecular formula is C19H37N2+. The first-order chi connectivity index (χ1) is 10.3. The number of imidazole rings is 1. The zero-order valence-corrected chi connectivity index (χ0v) is 14.7. The fourth-order valence-electron chi connectivity index (χ4n) is 2.95. The van der Waals surface area contributed by atoms with E-state index in [-0.39, 0.29) is 0 Å². The second-order valence-corrected chi connectivity index (χ2v) is 6.33. The van der Waals surface area contributed by atoms with Gasteiger partial charge in [-0.05, 0) is 32.1 Å². The molecule has 0 aromatic carbocycles. The molecule has 0 aliphatic rings. The number of hydrogen-bond acceptors (Lipinski definition) is 0. The van der Waals surface area contributed by atoms with Crippen molar-refractivity contribution in [3.8, 4) is 0 Å². The van der Waals surface area contributed by atoms with Gasteiger partial charge in [-0.1, -0.05) is 52.9 Å². The molecule has 1 aromatic rings. The minimum atomic E-state index is 1.21. The number of nitrogens with zero attached hydrogens (tertiary/aromatic N) is 2. The summed E-state index contributed by atoms with van der Waals surface area (Å²) in [7, 11) is 0. The van der Waals surface area contributed by atoms with E-state index in [9.17, 15) is 0 Å². The molecule has 2 heteroatoms.